The van der Waals surface area contributed by atoms with E-state index in [1.807, 2.05) is 0 Å². The Morgan fingerprint density at radius 1 is 1.33 bits per heavy atom. The quantitative estimate of drug-likeness (QED) is 0.321. The Balaban J connectivity index is 3.00. The molecule has 0 saturated carbocycles. The number of rotatable bonds is 7. The minimum Gasteiger partial charge on any atom is -0.353 e. The van der Waals surface area contributed by atoms with Crippen LogP contribution in [0.1, 0.15) is 19.3 Å². The third-order valence-corrected chi connectivity index (χ3v) is 1.97. The number of hydrogen-bond donors (Lipinski definition) is 2. The van der Waals surface area contributed by atoms with Crippen molar-refractivity contribution in [2.75, 3.05) is 13.1 Å². The number of carbonyl (C=O) groups excluding carboxylic acids is 1. The minimum atomic E-state index is -0.0815. The molecule has 0 spiro atoms. The summed E-state index contributed by atoms with van der Waals surface area (Å²) in [6.45, 7) is 5.16. The predicted octanol–water partition coefficient (Wildman–Crippen LogP) is 1.40. The van der Waals surface area contributed by atoms with Gasteiger partial charge in [-0.25, -0.2) is 0 Å². The third kappa shape index (κ3) is 8.00. The van der Waals surface area contributed by atoms with Crippen LogP contribution in [0.3, 0.4) is 0 Å². The zero-order valence-corrected chi connectivity index (χ0v) is 9.26. The number of hydrogen-bond acceptors (Lipinski definition) is 2. The van der Waals surface area contributed by atoms with Gasteiger partial charge in [-0.3, -0.25) is 8.32 Å². The van der Waals surface area contributed by atoms with E-state index in [1.54, 1.807) is 0 Å². The molecule has 0 aromatic heterocycles. The van der Waals surface area contributed by atoms with Crippen LogP contribution >= 0.6 is 22.9 Å². The SMILES string of the molecule is C=CC(=O)NCCCCCNI. The molecule has 0 aliphatic carbocycles. The van der Waals surface area contributed by atoms with Crippen molar-refractivity contribution in [2.45, 2.75) is 19.3 Å². The Kier molecular flexibility index (Phi) is 8.92. The molecule has 0 heterocycles. The van der Waals surface area contributed by atoms with E-state index in [0.29, 0.717) is 0 Å². The fraction of sp³-hybridized carbons (Fsp3) is 0.625. The second-order valence-electron chi connectivity index (χ2n) is 2.44. The highest BCUT2D eigenvalue weighted by molar-refractivity contribution is 14.1. The van der Waals surface area contributed by atoms with Gasteiger partial charge in [-0.05, 0) is 18.9 Å². The van der Waals surface area contributed by atoms with Crippen molar-refractivity contribution in [2.24, 2.45) is 0 Å². The first kappa shape index (κ1) is 11.9. The van der Waals surface area contributed by atoms with Crippen LogP contribution in [0.15, 0.2) is 12.7 Å². The lowest BCUT2D eigenvalue weighted by molar-refractivity contribution is -0.116. The first-order chi connectivity index (χ1) is 5.81. The maximum atomic E-state index is 10.7. The highest BCUT2D eigenvalue weighted by Crippen LogP contribution is 1.92. The summed E-state index contributed by atoms with van der Waals surface area (Å²) in [5.74, 6) is -0.0815. The van der Waals surface area contributed by atoms with Crippen LogP contribution in [0.25, 0.3) is 0 Å². The molecule has 0 aromatic rings. The molecule has 4 heteroatoms. The normalized spacial score (nSPS) is 9.42. The standard InChI is InChI=1S/C8H15IN2O/c1-2-8(12)10-6-4-3-5-7-11-9/h2,11H,1,3-7H2,(H,10,12). The van der Waals surface area contributed by atoms with Crippen LogP contribution in [-0.2, 0) is 4.79 Å². The van der Waals surface area contributed by atoms with Gasteiger partial charge in [0.1, 0.15) is 0 Å². The number of nitrogens with one attached hydrogen (secondary N) is 2. The molecule has 0 atom stereocenters. The Morgan fingerprint density at radius 3 is 2.58 bits per heavy atom. The number of carbonyl (C=O) groups is 1. The highest BCUT2D eigenvalue weighted by Gasteiger charge is 1.92. The van der Waals surface area contributed by atoms with Gasteiger partial charge in [-0.15, -0.1) is 0 Å². The maximum Gasteiger partial charge on any atom is 0.243 e. The second kappa shape index (κ2) is 8.99. The number of unbranched alkanes of at least 4 members (excludes halogenated alkanes) is 2. The summed E-state index contributed by atoms with van der Waals surface area (Å²) in [5.41, 5.74) is 0. The van der Waals surface area contributed by atoms with Gasteiger partial charge in [0, 0.05) is 36.0 Å². The van der Waals surface area contributed by atoms with Crippen molar-refractivity contribution in [1.82, 2.24) is 8.85 Å². The summed E-state index contributed by atoms with van der Waals surface area (Å²) in [5, 5.41) is 2.73. The largest absolute Gasteiger partial charge is 0.353 e. The fourth-order valence-corrected chi connectivity index (χ4v) is 1.16. The van der Waals surface area contributed by atoms with Gasteiger partial charge in [0.25, 0.3) is 0 Å². The average Bonchev–Trinajstić information content (AvgIpc) is 2.10. The summed E-state index contributed by atoms with van der Waals surface area (Å²) in [6.07, 6.45) is 4.64. The Morgan fingerprint density at radius 2 is 2.00 bits per heavy atom. The van der Waals surface area contributed by atoms with Crippen molar-refractivity contribution in [3.63, 3.8) is 0 Å². The van der Waals surface area contributed by atoms with Crippen LogP contribution in [0.2, 0.25) is 0 Å². The molecule has 2 N–H and O–H groups in total. The summed E-state index contributed by atoms with van der Waals surface area (Å²) in [6, 6.07) is 0. The van der Waals surface area contributed by atoms with Crippen molar-refractivity contribution in [3.05, 3.63) is 12.7 Å². The Labute approximate surface area is 87.5 Å². The van der Waals surface area contributed by atoms with E-state index in [1.165, 1.54) is 6.08 Å². The van der Waals surface area contributed by atoms with Crippen LogP contribution in [0.5, 0.6) is 0 Å². The van der Waals surface area contributed by atoms with Crippen molar-refractivity contribution in [3.8, 4) is 0 Å². The predicted molar refractivity (Wildman–Crippen MR) is 59.1 cm³/mol. The van der Waals surface area contributed by atoms with Crippen LogP contribution in [0.4, 0.5) is 0 Å². The Bertz CT molecular complexity index is 139. The van der Waals surface area contributed by atoms with Gasteiger partial charge in [0.15, 0.2) is 0 Å². The maximum absolute atomic E-state index is 10.7. The van der Waals surface area contributed by atoms with E-state index >= 15 is 0 Å². The molecule has 0 aliphatic rings. The zero-order valence-electron chi connectivity index (χ0n) is 7.11. The van der Waals surface area contributed by atoms with E-state index < -0.39 is 0 Å². The highest BCUT2D eigenvalue weighted by atomic mass is 127. The van der Waals surface area contributed by atoms with Gasteiger partial charge >= 0.3 is 0 Å². The first-order valence-corrected chi connectivity index (χ1v) is 5.13. The lowest BCUT2D eigenvalue weighted by atomic mass is 10.2. The molecule has 0 saturated heterocycles. The molecule has 70 valence electrons. The lowest BCUT2D eigenvalue weighted by Crippen LogP contribution is -2.21. The molecule has 12 heavy (non-hydrogen) atoms. The van der Waals surface area contributed by atoms with Crippen LogP contribution in [-0.4, -0.2) is 19.0 Å². The summed E-state index contributed by atoms with van der Waals surface area (Å²) in [7, 11) is 0. The minimum absolute atomic E-state index is 0.0815. The smallest absolute Gasteiger partial charge is 0.243 e. The average molecular weight is 282 g/mol. The Hall–Kier alpha value is -0.100. The second-order valence-corrected chi connectivity index (χ2v) is 3.20. The van der Waals surface area contributed by atoms with Crippen LogP contribution in [0, 0.1) is 0 Å². The van der Waals surface area contributed by atoms with E-state index in [2.05, 4.69) is 38.3 Å². The van der Waals surface area contributed by atoms with Crippen molar-refractivity contribution < 1.29 is 4.79 Å². The molecule has 0 bridgehead atoms. The van der Waals surface area contributed by atoms with Gasteiger partial charge in [-0.2, -0.15) is 0 Å². The summed E-state index contributed by atoms with van der Waals surface area (Å²) < 4.78 is 3.05. The molecule has 1 amide bonds. The fourth-order valence-electron chi connectivity index (χ4n) is 0.777. The monoisotopic (exact) mass is 282 g/mol. The molecule has 0 aromatic carbocycles. The number of amides is 1. The van der Waals surface area contributed by atoms with Crippen molar-refractivity contribution >= 4 is 28.8 Å². The lowest BCUT2D eigenvalue weighted by Gasteiger charge is -2.01. The summed E-state index contributed by atoms with van der Waals surface area (Å²) >= 11 is 2.13. The van der Waals surface area contributed by atoms with E-state index in [-0.39, 0.29) is 5.91 Å². The van der Waals surface area contributed by atoms with Gasteiger partial charge in [0.05, 0.1) is 0 Å². The molecule has 0 fully saturated rings. The topological polar surface area (TPSA) is 41.1 Å². The molecule has 0 rings (SSSR count). The molecular weight excluding hydrogens is 267 g/mol. The molecular formula is C8H15IN2O. The summed E-state index contributed by atoms with van der Waals surface area (Å²) in [4.78, 5) is 10.7. The van der Waals surface area contributed by atoms with E-state index in [4.69, 9.17) is 0 Å². The van der Waals surface area contributed by atoms with E-state index in [0.717, 1.165) is 32.4 Å². The van der Waals surface area contributed by atoms with Crippen molar-refractivity contribution in [1.29, 1.82) is 0 Å². The van der Waals surface area contributed by atoms with Gasteiger partial charge in [0.2, 0.25) is 5.91 Å². The van der Waals surface area contributed by atoms with E-state index in [9.17, 15) is 4.79 Å². The van der Waals surface area contributed by atoms with Gasteiger partial charge in [-0.1, -0.05) is 13.0 Å². The molecule has 0 aliphatic heterocycles. The zero-order chi connectivity index (χ0) is 9.23. The molecule has 0 radical (unpaired) electrons. The van der Waals surface area contributed by atoms with Gasteiger partial charge < -0.3 is 5.32 Å². The van der Waals surface area contributed by atoms with Crippen LogP contribution < -0.4 is 8.85 Å². The number of halogens is 1. The first-order valence-electron chi connectivity index (χ1n) is 4.05. The molecule has 3 nitrogen and oxygen atoms in total. The third-order valence-electron chi connectivity index (χ3n) is 1.43. The molecule has 0 unspecified atom stereocenters.